The summed E-state index contributed by atoms with van der Waals surface area (Å²) < 4.78 is 48.6. The van der Waals surface area contributed by atoms with Gasteiger partial charge in [-0.1, -0.05) is 30.3 Å². The number of amides is 1. The number of para-hydroxylation sites is 3. The van der Waals surface area contributed by atoms with Crippen molar-refractivity contribution < 1.29 is 22.3 Å². The Morgan fingerprint density at radius 2 is 1.82 bits per heavy atom. The van der Waals surface area contributed by atoms with Gasteiger partial charge < -0.3 is 9.64 Å². The fraction of sp³-hybridized carbons (Fsp3) is 0.240. The molecule has 3 aromatic carbocycles. The van der Waals surface area contributed by atoms with E-state index in [1.54, 1.807) is 36.4 Å². The first-order valence-corrected chi connectivity index (χ1v) is 12.2. The molecule has 1 aliphatic heterocycles. The molecule has 0 atom stereocenters. The van der Waals surface area contributed by atoms with Crippen molar-refractivity contribution in [2.45, 2.75) is 24.7 Å². The lowest BCUT2D eigenvalue weighted by Crippen LogP contribution is -2.35. The predicted molar refractivity (Wildman–Crippen MR) is 126 cm³/mol. The molecule has 0 radical (unpaired) electrons. The number of benzene rings is 3. The monoisotopic (exact) mass is 468 g/mol. The number of nitrogens with zero attached hydrogens (tertiary/aromatic N) is 2. The third-order valence-corrected chi connectivity index (χ3v) is 7.46. The summed E-state index contributed by atoms with van der Waals surface area (Å²) in [5.41, 5.74) is 1.69. The first kappa shape index (κ1) is 22.8. The summed E-state index contributed by atoms with van der Waals surface area (Å²) in [6, 6.07) is 17.6. The van der Waals surface area contributed by atoms with Gasteiger partial charge in [0.25, 0.3) is 15.9 Å². The minimum atomic E-state index is -3.98. The average molecular weight is 469 g/mol. The highest BCUT2D eigenvalue weighted by atomic mass is 32.2. The van der Waals surface area contributed by atoms with Crippen LogP contribution in [-0.4, -0.2) is 34.5 Å². The van der Waals surface area contributed by atoms with Crippen molar-refractivity contribution in [2.24, 2.45) is 0 Å². The van der Waals surface area contributed by atoms with Crippen molar-refractivity contribution in [2.75, 3.05) is 29.4 Å². The highest BCUT2D eigenvalue weighted by molar-refractivity contribution is 7.92. The van der Waals surface area contributed by atoms with Crippen LogP contribution in [0.25, 0.3) is 0 Å². The molecule has 3 aromatic rings. The van der Waals surface area contributed by atoms with Crippen LogP contribution >= 0.6 is 0 Å². The average Bonchev–Trinajstić information content (AvgIpc) is 2.83. The van der Waals surface area contributed by atoms with Crippen LogP contribution in [0.1, 0.15) is 29.3 Å². The zero-order valence-corrected chi connectivity index (χ0v) is 19.3. The molecule has 1 amide bonds. The molecule has 4 rings (SSSR count). The van der Waals surface area contributed by atoms with Crippen LogP contribution in [0.4, 0.5) is 15.8 Å². The summed E-state index contributed by atoms with van der Waals surface area (Å²) in [7, 11) is -2.48. The van der Waals surface area contributed by atoms with Gasteiger partial charge in [-0.15, -0.1) is 0 Å². The largest absolute Gasteiger partial charge is 0.492 e. The number of carbonyl (C=O) groups excluding carboxylic acids is 1. The molecule has 172 valence electrons. The first-order chi connectivity index (χ1) is 15.8. The molecule has 0 aliphatic carbocycles. The number of hydrogen-bond acceptors (Lipinski definition) is 4. The van der Waals surface area contributed by atoms with Crippen molar-refractivity contribution in [1.82, 2.24) is 0 Å². The van der Waals surface area contributed by atoms with Crippen molar-refractivity contribution in [3.05, 3.63) is 83.7 Å². The Hall–Kier alpha value is -3.39. The van der Waals surface area contributed by atoms with Crippen LogP contribution in [0.3, 0.4) is 0 Å². The van der Waals surface area contributed by atoms with Crippen LogP contribution in [0.15, 0.2) is 71.6 Å². The summed E-state index contributed by atoms with van der Waals surface area (Å²) in [5, 5.41) is 0. The minimum absolute atomic E-state index is 0.129. The van der Waals surface area contributed by atoms with Gasteiger partial charge in [0.2, 0.25) is 0 Å². The molecule has 0 bridgehead atoms. The number of halogens is 1. The van der Waals surface area contributed by atoms with Gasteiger partial charge in [-0.25, -0.2) is 12.8 Å². The Bertz CT molecular complexity index is 1290. The molecule has 0 spiro atoms. The van der Waals surface area contributed by atoms with E-state index in [4.69, 9.17) is 4.74 Å². The van der Waals surface area contributed by atoms with E-state index in [0.29, 0.717) is 36.7 Å². The van der Waals surface area contributed by atoms with Gasteiger partial charge >= 0.3 is 0 Å². The highest BCUT2D eigenvalue weighted by Gasteiger charge is 2.30. The minimum Gasteiger partial charge on any atom is -0.492 e. The molecule has 8 heteroatoms. The van der Waals surface area contributed by atoms with E-state index in [2.05, 4.69) is 0 Å². The summed E-state index contributed by atoms with van der Waals surface area (Å²) in [6.07, 6.45) is 1.47. The number of carbonyl (C=O) groups is 1. The third kappa shape index (κ3) is 4.30. The van der Waals surface area contributed by atoms with Gasteiger partial charge in [0, 0.05) is 13.6 Å². The molecule has 0 saturated carbocycles. The van der Waals surface area contributed by atoms with Gasteiger partial charge in [0.15, 0.2) is 0 Å². The molecule has 0 N–H and O–H groups in total. The molecule has 0 fully saturated rings. The second-order valence-corrected chi connectivity index (χ2v) is 9.58. The number of rotatable bonds is 6. The molecule has 0 saturated heterocycles. The van der Waals surface area contributed by atoms with Gasteiger partial charge in [-0.2, -0.15) is 0 Å². The molecule has 1 heterocycles. The smallest absolute Gasteiger partial charge is 0.264 e. The lowest BCUT2D eigenvalue weighted by molar-refractivity contribution is 0.0988. The molecule has 0 unspecified atom stereocenters. The number of fused-ring (bicyclic) bond motifs is 1. The third-order valence-electron chi connectivity index (χ3n) is 5.65. The second kappa shape index (κ2) is 9.23. The topological polar surface area (TPSA) is 66.9 Å². The summed E-state index contributed by atoms with van der Waals surface area (Å²) in [4.78, 5) is 14.3. The van der Waals surface area contributed by atoms with Crippen LogP contribution < -0.4 is 13.9 Å². The van der Waals surface area contributed by atoms with E-state index in [9.17, 15) is 17.6 Å². The maximum absolute atomic E-state index is 14.7. The lowest BCUT2D eigenvalue weighted by atomic mass is 10.0. The number of hydrogen-bond donors (Lipinski definition) is 0. The molecule has 33 heavy (non-hydrogen) atoms. The number of anilines is 2. The van der Waals surface area contributed by atoms with Crippen molar-refractivity contribution in [1.29, 1.82) is 0 Å². The Kier molecular flexibility index (Phi) is 6.37. The lowest BCUT2D eigenvalue weighted by Gasteiger charge is -2.30. The highest BCUT2D eigenvalue weighted by Crippen LogP contribution is 2.33. The van der Waals surface area contributed by atoms with Crippen molar-refractivity contribution in [3.63, 3.8) is 0 Å². The predicted octanol–water partition coefficient (Wildman–Crippen LogP) is 4.64. The standard InChI is InChI=1S/C25H25FN2O4S/c1-3-32-24-13-7-6-12-23(24)27(2)25(29)20-17-19(14-15-21(20)26)33(30,31)28-16-8-10-18-9-4-5-11-22(18)28/h4-7,9,11-15,17H,3,8,10,16H2,1-2H3. The number of ether oxygens (including phenoxy) is 1. The molecule has 0 aromatic heterocycles. The Morgan fingerprint density at radius 3 is 2.61 bits per heavy atom. The fourth-order valence-corrected chi connectivity index (χ4v) is 5.57. The normalized spacial score (nSPS) is 13.4. The van der Waals surface area contributed by atoms with Gasteiger partial charge in [-0.3, -0.25) is 9.10 Å². The number of sulfonamides is 1. The quantitative estimate of drug-likeness (QED) is 0.529. The van der Waals surface area contributed by atoms with Gasteiger partial charge in [0.05, 0.1) is 28.4 Å². The van der Waals surface area contributed by atoms with Crippen LogP contribution in [0, 0.1) is 5.82 Å². The molecule has 1 aliphatic rings. The Morgan fingerprint density at radius 1 is 1.09 bits per heavy atom. The Labute approximate surface area is 193 Å². The number of aryl methyl sites for hydroxylation is 1. The van der Waals surface area contributed by atoms with E-state index in [1.165, 1.54) is 22.3 Å². The van der Waals surface area contributed by atoms with E-state index in [1.807, 2.05) is 19.1 Å². The fourth-order valence-electron chi connectivity index (χ4n) is 4.01. The molecular formula is C25H25FN2O4S. The van der Waals surface area contributed by atoms with Gasteiger partial charge in [-0.05, 0) is 61.7 Å². The maximum atomic E-state index is 14.7. The molecule has 6 nitrogen and oxygen atoms in total. The van der Waals surface area contributed by atoms with Crippen LogP contribution in [0.5, 0.6) is 5.75 Å². The van der Waals surface area contributed by atoms with Crippen LogP contribution in [0.2, 0.25) is 0 Å². The summed E-state index contributed by atoms with van der Waals surface area (Å²) in [5.74, 6) is -0.987. The SMILES string of the molecule is CCOc1ccccc1N(C)C(=O)c1cc(S(=O)(=O)N2CCCc3ccccc32)ccc1F. The van der Waals surface area contributed by atoms with E-state index in [0.717, 1.165) is 24.1 Å². The zero-order chi connectivity index (χ0) is 23.6. The molecular weight excluding hydrogens is 443 g/mol. The second-order valence-electron chi connectivity index (χ2n) is 7.72. The van der Waals surface area contributed by atoms with Gasteiger partial charge in [0.1, 0.15) is 11.6 Å². The Balaban J connectivity index is 1.71. The summed E-state index contributed by atoms with van der Waals surface area (Å²) in [6.45, 7) is 2.55. The van der Waals surface area contributed by atoms with Crippen LogP contribution in [-0.2, 0) is 16.4 Å². The first-order valence-electron chi connectivity index (χ1n) is 10.7. The van der Waals surface area contributed by atoms with Crippen molar-refractivity contribution >= 4 is 27.3 Å². The maximum Gasteiger partial charge on any atom is 0.264 e. The summed E-state index contributed by atoms with van der Waals surface area (Å²) >= 11 is 0. The zero-order valence-electron chi connectivity index (χ0n) is 18.5. The van der Waals surface area contributed by atoms with E-state index >= 15 is 0 Å². The van der Waals surface area contributed by atoms with Crippen molar-refractivity contribution in [3.8, 4) is 5.75 Å². The van der Waals surface area contributed by atoms with E-state index in [-0.39, 0.29) is 10.5 Å². The van der Waals surface area contributed by atoms with E-state index < -0.39 is 21.7 Å².